The summed E-state index contributed by atoms with van der Waals surface area (Å²) >= 11 is 0. The summed E-state index contributed by atoms with van der Waals surface area (Å²) in [6, 6.07) is 7.96. The molecule has 2 N–H and O–H groups in total. The number of hydrogen-bond donors (Lipinski definition) is 2. The summed E-state index contributed by atoms with van der Waals surface area (Å²) in [4.78, 5) is 30.4. The lowest BCUT2D eigenvalue weighted by molar-refractivity contribution is -0.384. The Hall–Kier alpha value is -3.03. The average molecular weight is 313 g/mol. The molecule has 23 heavy (non-hydrogen) atoms. The fourth-order valence-electron chi connectivity index (χ4n) is 2.45. The molecule has 1 aromatic heterocycles. The molecule has 0 spiro atoms. The zero-order chi connectivity index (χ0) is 16.4. The number of carbonyl (C=O) groups excluding carboxylic acids is 1. The van der Waals surface area contributed by atoms with Gasteiger partial charge in [-0.3, -0.25) is 14.9 Å². The van der Waals surface area contributed by atoms with Gasteiger partial charge in [0, 0.05) is 42.4 Å². The molecule has 1 atom stereocenters. The lowest BCUT2D eigenvalue weighted by Crippen LogP contribution is -2.23. The number of nitro benzene ring substituents is 1. The van der Waals surface area contributed by atoms with E-state index in [1.54, 1.807) is 18.2 Å². The van der Waals surface area contributed by atoms with Crippen molar-refractivity contribution in [3.8, 4) is 11.4 Å². The maximum Gasteiger partial charge on any atom is 0.270 e. The van der Waals surface area contributed by atoms with Gasteiger partial charge in [0.2, 0.25) is 5.91 Å². The first kappa shape index (κ1) is 14.9. The third-order valence-electron chi connectivity index (χ3n) is 3.50. The highest BCUT2D eigenvalue weighted by molar-refractivity contribution is 5.79. The molecule has 1 amide bonds. The van der Waals surface area contributed by atoms with Crippen LogP contribution in [0, 0.1) is 17.0 Å². The molecule has 3 rings (SSSR count). The Morgan fingerprint density at radius 1 is 1.35 bits per heavy atom. The van der Waals surface area contributed by atoms with Gasteiger partial charge in [-0.15, -0.1) is 0 Å². The minimum Gasteiger partial charge on any atom is -0.365 e. The van der Waals surface area contributed by atoms with E-state index in [0.29, 0.717) is 30.2 Å². The monoisotopic (exact) mass is 313 g/mol. The number of aromatic nitrogens is 2. The third-order valence-corrected chi connectivity index (χ3v) is 3.50. The van der Waals surface area contributed by atoms with E-state index in [0.717, 1.165) is 5.69 Å². The molecule has 1 fully saturated rings. The first-order valence-corrected chi connectivity index (χ1v) is 7.15. The molecular formula is C15H15N5O3. The number of benzene rings is 1. The summed E-state index contributed by atoms with van der Waals surface area (Å²) < 4.78 is 0. The van der Waals surface area contributed by atoms with Crippen molar-refractivity contribution in [2.75, 3.05) is 11.9 Å². The molecule has 1 unspecified atom stereocenters. The van der Waals surface area contributed by atoms with E-state index in [1.165, 1.54) is 12.1 Å². The number of nitro groups is 1. The molecule has 0 radical (unpaired) electrons. The Balaban J connectivity index is 1.89. The standard InChI is InChI=1S/C15H15N5O3/c1-9-5-13(18-11-7-14(21)16-8-11)19-15(17-9)10-3-2-4-12(6-10)20(22)23/h2-6,11H,7-8H2,1H3,(H,16,21)(H,17,18,19). The predicted octanol–water partition coefficient (Wildman–Crippen LogP) is 1.66. The van der Waals surface area contributed by atoms with E-state index >= 15 is 0 Å². The van der Waals surface area contributed by atoms with Crippen LogP contribution in [0.25, 0.3) is 11.4 Å². The van der Waals surface area contributed by atoms with Crippen molar-refractivity contribution in [3.63, 3.8) is 0 Å². The van der Waals surface area contributed by atoms with Crippen molar-refractivity contribution < 1.29 is 9.72 Å². The Labute approximate surface area is 132 Å². The van der Waals surface area contributed by atoms with Gasteiger partial charge in [-0.25, -0.2) is 9.97 Å². The first-order chi connectivity index (χ1) is 11.0. The molecule has 8 heteroatoms. The molecule has 1 aliphatic heterocycles. The summed E-state index contributed by atoms with van der Waals surface area (Å²) in [5.74, 6) is 1.01. The molecule has 0 bridgehead atoms. The second-order valence-electron chi connectivity index (χ2n) is 5.38. The summed E-state index contributed by atoms with van der Waals surface area (Å²) in [6.45, 7) is 2.37. The maximum absolute atomic E-state index is 11.3. The van der Waals surface area contributed by atoms with Gasteiger partial charge in [0.25, 0.3) is 5.69 Å². The van der Waals surface area contributed by atoms with Crippen molar-refractivity contribution in [2.24, 2.45) is 0 Å². The Kier molecular flexibility index (Phi) is 3.88. The number of non-ortho nitro benzene ring substituents is 1. The molecule has 2 aromatic rings. The summed E-state index contributed by atoms with van der Waals surface area (Å²) in [7, 11) is 0. The first-order valence-electron chi connectivity index (χ1n) is 7.15. The number of aryl methyl sites for hydroxylation is 1. The normalized spacial score (nSPS) is 16.9. The van der Waals surface area contributed by atoms with Crippen LogP contribution >= 0.6 is 0 Å². The van der Waals surface area contributed by atoms with Gasteiger partial charge >= 0.3 is 0 Å². The fraction of sp³-hybridized carbons (Fsp3) is 0.267. The van der Waals surface area contributed by atoms with Crippen molar-refractivity contribution >= 4 is 17.4 Å². The van der Waals surface area contributed by atoms with Crippen LogP contribution in [0.2, 0.25) is 0 Å². The van der Waals surface area contributed by atoms with Crippen LogP contribution in [0.4, 0.5) is 11.5 Å². The lowest BCUT2D eigenvalue weighted by atomic mass is 10.2. The Morgan fingerprint density at radius 2 is 2.17 bits per heavy atom. The second-order valence-corrected chi connectivity index (χ2v) is 5.38. The number of nitrogens with one attached hydrogen (secondary N) is 2. The van der Waals surface area contributed by atoms with Crippen LogP contribution in [-0.2, 0) is 4.79 Å². The number of hydrogen-bond acceptors (Lipinski definition) is 6. The SMILES string of the molecule is Cc1cc(NC2CNC(=O)C2)nc(-c2cccc([N+](=O)[O-])c2)n1. The van der Waals surface area contributed by atoms with Gasteiger partial charge in [-0.2, -0.15) is 0 Å². The smallest absolute Gasteiger partial charge is 0.270 e. The maximum atomic E-state index is 11.3. The minimum atomic E-state index is -0.450. The van der Waals surface area contributed by atoms with Gasteiger partial charge in [-0.1, -0.05) is 12.1 Å². The largest absolute Gasteiger partial charge is 0.365 e. The van der Waals surface area contributed by atoms with Crippen molar-refractivity contribution in [2.45, 2.75) is 19.4 Å². The minimum absolute atomic E-state index is 0.00665. The van der Waals surface area contributed by atoms with E-state index < -0.39 is 4.92 Å². The lowest BCUT2D eigenvalue weighted by Gasteiger charge is -2.12. The molecule has 0 saturated carbocycles. The average Bonchev–Trinajstić information content (AvgIpc) is 2.92. The predicted molar refractivity (Wildman–Crippen MR) is 83.9 cm³/mol. The van der Waals surface area contributed by atoms with Crippen LogP contribution in [-0.4, -0.2) is 33.4 Å². The van der Waals surface area contributed by atoms with Gasteiger partial charge in [-0.05, 0) is 6.92 Å². The van der Waals surface area contributed by atoms with Crippen LogP contribution in [0.5, 0.6) is 0 Å². The van der Waals surface area contributed by atoms with Crippen LogP contribution in [0.15, 0.2) is 30.3 Å². The molecule has 0 aliphatic carbocycles. The quantitative estimate of drug-likeness (QED) is 0.656. The number of anilines is 1. The van der Waals surface area contributed by atoms with Gasteiger partial charge in [0.05, 0.1) is 11.0 Å². The number of nitrogens with zero attached hydrogens (tertiary/aromatic N) is 3. The summed E-state index contributed by atoms with van der Waals surface area (Å²) in [5, 5.41) is 16.8. The Bertz CT molecular complexity index is 777. The van der Waals surface area contributed by atoms with Crippen LogP contribution in [0.3, 0.4) is 0 Å². The highest BCUT2D eigenvalue weighted by Crippen LogP contribution is 2.23. The Morgan fingerprint density at radius 3 is 2.87 bits per heavy atom. The zero-order valence-electron chi connectivity index (χ0n) is 12.4. The van der Waals surface area contributed by atoms with Gasteiger partial charge in [0.15, 0.2) is 5.82 Å². The fourth-order valence-corrected chi connectivity index (χ4v) is 2.45. The van der Waals surface area contributed by atoms with Crippen LogP contribution in [0.1, 0.15) is 12.1 Å². The number of rotatable bonds is 4. The van der Waals surface area contributed by atoms with E-state index in [-0.39, 0.29) is 17.6 Å². The van der Waals surface area contributed by atoms with Crippen LogP contribution < -0.4 is 10.6 Å². The highest BCUT2D eigenvalue weighted by Gasteiger charge is 2.21. The molecule has 2 heterocycles. The molecular weight excluding hydrogens is 298 g/mol. The van der Waals surface area contributed by atoms with E-state index in [9.17, 15) is 14.9 Å². The van der Waals surface area contributed by atoms with Crippen molar-refractivity contribution in [1.82, 2.24) is 15.3 Å². The van der Waals surface area contributed by atoms with E-state index in [4.69, 9.17) is 0 Å². The van der Waals surface area contributed by atoms with Gasteiger partial charge in [0.1, 0.15) is 5.82 Å². The number of carbonyl (C=O) groups is 1. The summed E-state index contributed by atoms with van der Waals surface area (Å²) in [5.41, 5.74) is 1.31. The summed E-state index contributed by atoms with van der Waals surface area (Å²) in [6.07, 6.45) is 0.398. The number of amides is 1. The molecule has 8 nitrogen and oxygen atoms in total. The van der Waals surface area contributed by atoms with E-state index in [1.807, 2.05) is 6.92 Å². The molecule has 1 saturated heterocycles. The highest BCUT2D eigenvalue weighted by atomic mass is 16.6. The topological polar surface area (TPSA) is 110 Å². The van der Waals surface area contributed by atoms with Crippen molar-refractivity contribution in [3.05, 3.63) is 46.1 Å². The molecule has 1 aliphatic rings. The van der Waals surface area contributed by atoms with E-state index in [2.05, 4.69) is 20.6 Å². The zero-order valence-corrected chi connectivity index (χ0v) is 12.4. The van der Waals surface area contributed by atoms with Crippen molar-refractivity contribution in [1.29, 1.82) is 0 Å². The molecule has 1 aromatic carbocycles. The third kappa shape index (κ3) is 3.42. The molecule has 118 valence electrons. The van der Waals surface area contributed by atoms with Gasteiger partial charge < -0.3 is 10.6 Å². The second kappa shape index (κ2) is 5.99.